The zero-order valence-corrected chi connectivity index (χ0v) is 15.1. The molecule has 1 spiro atoms. The molecule has 25 heavy (non-hydrogen) atoms. The lowest BCUT2D eigenvalue weighted by atomic mass is 10.1. The number of hydrogen-bond acceptors (Lipinski definition) is 6. The Bertz CT molecular complexity index is 809. The van der Waals surface area contributed by atoms with Gasteiger partial charge in [0.15, 0.2) is 5.17 Å². The Balaban J connectivity index is 2.15. The lowest BCUT2D eigenvalue weighted by Crippen LogP contribution is -2.47. The minimum atomic E-state index is -1.37. The number of fused-ring (bicyclic) bond motifs is 2. The number of likely N-dealkylation sites (N-methyl/N-ethyl adjacent to an activating group) is 1. The maximum atomic E-state index is 13.1. The summed E-state index contributed by atoms with van der Waals surface area (Å²) in [6, 6.07) is 5.30. The Hall–Kier alpha value is -2.55. The normalized spacial score (nSPS) is 21.4. The van der Waals surface area contributed by atoms with Crippen LogP contribution in [-0.4, -0.2) is 41.6 Å². The first-order chi connectivity index (χ1) is 11.8. The number of carbonyl (C=O) groups excluding carboxylic acids is 3. The number of ether oxygens (including phenoxy) is 1. The van der Waals surface area contributed by atoms with Gasteiger partial charge in [0, 0.05) is 26.5 Å². The van der Waals surface area contributed by atoms with Gasteiger partial charge in [-0.3, -0.25) is 14.4 Å². The summed E-state index contributed by atoms with van der Waals surface area (Å²) in [5, 5.41) is 8.06. The minimum Gasteiger partial charge on any atom is -0.494 e. The number of hydrazone groups is 1. The van der Waals surface area contributed by atoms with Gasteiger partial charge in [-0.05, 0) is 36.9 Å². The van der Waals surface area contributed by atoms with Crippen molar-refractivity contribution in [2.75, 3.05) is 18.6 Å². The molecule has 0 aromatic heterocycles. The number of rotatable bonds is 2. The first kappa shape index (κ1) is 17.3. The van der Waals surface area contributed by atoms with E-state index in [4.69, 9.17) is 4.74 Å². The van der Waals surface area contributed by atoms with Crippen molar-refractivity contribution < 1.29 is 19.1 Å². The Morgan fingerprint density at radius 1 is 1.36 bits per heavy atom. The molecule has 0 saturated heterocycles. The molecule has 1 atom stereocenters. The standard InChI is InChI=1S/C16H18N4O4S/c1-5-24-11-6-7-13-12(8-11)16(14(23)19(13)4)20(10(3)22)18-15(25-16)17-9(2)21/h6-8H,5H2,1-4H3,(H,17,18,21)/t16-/m0/s1. The zero-order chi connectivity index (χ0) is 18.4. The predicted octanol–water partition coefficient (Wildman–Crippen LogP) is 1.22. The average Bonchev–Trinajstić information content (AvgIpc) is 3.01. The van der Waals surface area contributed by atoms with Crippen molar-refractivity contribution in [2.45, 2.75) is 25.6 Å². The molecular formula is C16H18N4O4S. The fourth-order valence-electron chi connectivity index (χ4n) is 2.95. The number of amidine groups is 1. The van der Waals surface area contributed by atoms with Crippen LogP contribution in [0.1, 0.15) is 26.3 Å². The van der Waals surface area contributed by atoms with Gasteiger partial charge < -0.3 is 15.0 Å². The zero-order valence-electron chi connectivity index (χ0n) is 14.3. The smallest absolute Gasteiger partial charge is 0.270 e. The monoisotopic (exact) mass is 362 g/mol. The molecule has 1 aromatic carbocycles. The third-order valence-corrected chi connectivity index (χ3v) is 5.15. The molecule has 3 rings (SSSR count). The van der Waals surface area contributed by atoms with Crippen LogP contribution in [0.2, 0.25) is 0 Å². The lowest BCUT2D eigenvalue weighted by Gasteiger charge is -2.29. The quantitative estimate of drug-likeness (QED) is 0.854. The van der Waals surface area contributed by atoms with Crippen molar-refractivity contribution in [3.63, 3.8) is 0 Å². The average molecular weight is 362 g/mol. The van der Waals surface area contributed by atoms with Crippen molar-refractivity contribution >= 4 is 40.3 Å². The maximum Gasteiger partial charge on any atom is 0.270 e. The summed E-state index contributed by atoms with van der Waals surface area (Å²) in [5.74, 6) is -0.431. The van der Waals surface area contributed by atoms with Gasteiger partial charge in [0.1, 0.15) is 5.75 Å². The van der Waals surface area contributed by atoms with Crippen LogP contribution in [-0.2, 0) is 19.3 Å². The van der Waals surface area contributed by atoms with Crippen LogP contribution < -0.4 is 15.0 Å². The number of anilines is 1. The van der Waals surface area contributed by atoms with Crippen molar-refractivity contribution in [3.05, 3.63) is 23.8 Å². The molecule has 0 unspecified atom stereocenters. The van der Waals surface area contributed by atoms with E-state index in [0.29, 0.717) is 23.6 Å². The van der Waals surface area contributed by atoms with Gasteiger partial charge in [-0.15, -0.1) is 5.10 Å². The Morgan fingerprint density at radius 2 is 2.08 bits per heavy atom. The molecule has 2 heterocycles. The molecule has 0 fully saturated rings. The van der Waals surface area contributed by atoms with Crippen molar-refractivity contribution in [3.8, 4) is 5.75 Å². The summed E-state index contributed by atoms with van der Waals surface area (Å²) in [4.78, 5) is 36.8. The second kappa shape index (κ2) is 6.07. The van der Waals surface area contributed by atoms with Gasteiger partial charge in [-0.2, -0.15) is 5.01 Å². The Kier molecular flexibility index (Phi) is 4.19. The molecule has 9 heteroatoms. The van der Waals surface area contributed by atoms with Gasteiger partial charge in [0.2, 0.25) is 16.7 Å². The summed E-state index contributed by atoms with van der Waals surface area (Å²) in [5.41, 5.74) is 1.28. The van der Waals surface area contributed by atoms with Crippen molar-refractivity contribution in [1.82, 2.24) is 10.3 Å². The Morgan fingerprint density at radius 3 is 2.68 bits per heavy atom. The molecule has 2 aliphatic heterocycles. The topological polar surface area (TPSA) is 91.3 Å². The van der Waals surface area contributed by atoms with E-state index in [1.807, 2.05) is 6.92 Å². The second-order valence-corrected chi connectivity index (χ2v) is 6.82. The van der Waals surface area contributed by atoms with E-state index in [0.717, 1.165) is 16.8 Å². The molecule has 2 aliphatic rings. The SMILES string of the molecule is CCOc1ccc2c(c1)[C@]1(SC(NC(C)=O)=NN1C(C)=O)C(=O)N2C. The largest absolute Gasteiger partial charge is 0.494 e. The highest BCUT2D eigenvalue weighted by molar-refractivity contribution is 8.15. The summed E-state index contributed by atoms with van der Waals surface area (Å²) in [6.07, 6.45) is 0. The second-order valence-electron chi connectivity index (χ2n) is 5.64. The fraction of sp³-hybridized carbons (Fsp3) is 0.375. The molecule has 0 bridgehead atoms. The lowest BCUT2D eigenvalue weighted by molar-refractivity contribution is -0.139. The third-order valence-electron chi connectivity index (χ3n) is 3.91. The van der Waals surface area contributed by atoms with Crippen LogP contribution in [0, 0.1) is 0 Å². The number of hydrogen-bond donors (Lipinski definition) is 1. The summed E-state index contributed by atoms with van der Waals surface area (Å²) < 4.78 is 5.54. The molecule has 8 nitrogen and oxygen atoms in total. The molecule has 132 valence electrons. The Labute approximate surface area is 149 Å². The van der Waals surface area contributed by atoms with Gasteiger partial charge in [0.25, 0.3) is 5.91 Å². The number of nitrogens with one attached hydrogen (secondary N) is 1. The van der Waals surface area contributed by atoms with Crippen LogP contribution in [0.5, 0.6) is 5.75 Å². The van der Waals surface area contributed by atoms with Gasteiger partial charge in [0.05, 0.1) is 12.3 Å². The third kappa shape index (κ3) is 2.55. The predicted molar refractivity (Wildman–Crippen MR) is 94.1 cm³/mol. The number of amides is 3. The summed E-state index contributed by atoms with van der Waals surface area (Å²) >= 11 is 1.04. The van der Waals surface area contributed by atoms with E-state index in [-0.39, 0.29) is 17.0 Å². The summed E-state index contributed by atoms with van der Waals surface area (Å²) in [7, 11) is 1.64. The molecule has 1 aromatic rings. The number of nitrogens with zero attached hydrogens (tertiary/aromatic N) is 3. The number of carbonyl (C=O) groups is 3. The van der Waals surface area contributed by atoms with E-state index in [2.05, 4.69) is 10.4 Å². The van der Waals surface area contributed by atoms with Crippen molar-refractivity contribution in [2.24, 2.45) is 5.10 Å². The van der Waals surface area contributed by atoms with Crippen LogP contribution in [0.25, 0.3) is 0 Å². The first-order valence-corrected chi connectivity index (χ1v) is 8.54. The molecule has 0 radical (unpaired) electrons. The van der Waals surface area contributed by atoms with Gasteiger partial charge >= 0.3 is 0 Å². The molecular weight excluding hydrogens is 344 g/mol. The van der Waals surface area contributed by atoms with E-state index in [1.165, 1.54) is 18.7 Å². The van der Waals surface area contributed by atoms with Crippen LogP contribution in [0.15, 0.2) is 23.3 Å². The highest BCUT2D eigenvalue weighted by atomic mass is 32.2. The van der Waals surface area contributed by atoms with Crippen molar-refractivity contribution in [1.29, 1.82) is 0 Å². The molecule has 0 saturated carbocycles. The minimum absolute atomic E-state index is 0.208. The van der Waals surface area contributed by atoms with Crippen LogP contribution in [0.4, 0.5) is 5.69 Å². The maximum absolute atomic E-state index is 13.1. The number of thioether (sulfide) groups is 1. The fourth-order valence-corrected chi connectivity index (χ4v) is 4.30. The van der Waals surface area contributed by atoms with Gasteiger partial charge in [-0.1, -0.05) is 0 Å². The summed E-state index contributed by atoms with van der Waals surface area (Å²) in [6.45, 7) is 5.02. The molecule has 3 amide bonds. The first-order valence-electron chi connectivity index (χ1n) is 7.72. The highest BCUT2D eigenvalue weighted by Gasteiger charge is 2.60. The highest BCUT2D eigenvalue weighted by Crippen LogP contribution is 2.54. The molecule has 0 aliphatic carbocycles. The molecule has 1 N–H and O–H groups in total. The van der Waals surface area contributed by atoms with E-state index in [1.54, 1.807) is 25.2 Å². The van der Waals surface area contributed by atoms with Crippen LogP contribution >= 0.6 is 11.8 Å². The number of benzene rings is 1. The van der Waals surface area contributed by atoms with E-state index >= 15 is 0 Å². The van der Waals surface area contributed by atoms with E-state index in [9.17, 15) is 14.4 Å². The van der Waals surface area contributed by atoms with Gasteiger partial charge in [-0.25, -0.2) is 0 Å². The van der Waals surface area contributed by atoms with E-state index < -0.39 is 10.8 Å². The van der Waals surface area contributed by atoms with Crippen LogP contribution in [0.3, 0.4) is 0 Å².